The molecule has 0 saturated heterocycles. The second kappa shape index (κ2) is 9.64. The van der Waals surface area contributed by atoms with Crippen LogP contribution in [-0.4, -0.2) is 9.97 Å². The second-order valence-electron chi connectivity index (χ2n) is 6.95. The van der Waals surface area contributed by atoms with E-state index in [1.807, 2.05) is 66.9 Å². The van der Waals surface area contributed by atoms with Crippen molar-refractivity contribution in [2.75, 3.05) is 0 Å². The van der Waals surface area contributed by atoms with Crippen LogP contribution in [0.2, 0.25) is 0 Å². The molecule has 2 nitrogen and oxygen atoms in total. The Morgan fingerprint density at radius 3 is 2.19 bits per heavy atom. The van der Waals surface area contributed by atoms with Crippen LogP contribution in [0.15, 0.2) is 103 Å². The fraction of sp³-hybridized carbons (Fsp3) is 0. The SMILES string of the molecule is [C-](=Cc1[c-]c(-c2ccccn2)ccc1)c1ccc2ccccc2c1-c1ccccn1.[Pt+2]. The number of hydrogen-bond acceptors (Lipinski definition) is 2. The van der Waals surface area contributed by atoms with Crippen LogP contribution in [0.3, 0.4) is 0 Å². The third kappa shape index (κ3) is 4.55. The Labute approximate surface area is 196 Å². The van der Waals surface area contributed by atoms with Gasteiger partial charge in [-0.3, -0.25) is 9.97 Å². The standard InChI is InChI=1S/C28H18N2.Pt/c1-2-11-25-22(9-1)16-17-23(28(25)27-13-4-6-19-30-27)15-14-21-8-7-10-24(20-21)26-12-3-5-18-29-26;/h1-14,16-19H;/q-2;+2. The van der Waals surface area contributed by atoms with Gasteiger partial charge in [0.15, 0.2) is 0 Å². The Kier molecular flexibility index (Phi) is 6.50. The molecule has 31 heavy (non-hydrogen) atoms. The molecule has 0 aliphatic rings. The minimum Gasteiger partial charge on any atom is -0.295 e. The van der Waals surface area contributed by atoms with Gasteiger partial charge >= 0.3 is 21.1 Å². The van der Waals surface area contributed by atoms with Crippen molar-refractivity contribution >= 4 is 16.8 Å². The van der Waals surface area contributed by atoms with Gasteiger partial charge < -0.3 is 0 Å². The van der Waals surface area contributed by atoms with Crippen LogP contribution in [0.25, 0.3) is 39.4 Å². The van der Waals surface area contributed by atoms with Gasteiger partial charge in [-0.05, 0) is 23.6 Å². The zero-order valence-corrected chi connectivity index (χ0v) is 18.9. The minimum atomic E-state index is 0. The van der Waals surface area contributed by atoms with Crippen LogP contribution in [0.1, 0.15) is 11.1 Å². The summed E-state index contributed by atoms with van der Waals surface area (Å²) in [5.41, 5.74) is 5.87. The van der Waals surface area contributed by atoms with Crippen molar-refractivity contribution in [3.05, 3.63) is 127 Å². The maximum Gasteiger partial charge on any atom is 2.00 e. The summed E-state index contributed by atoms with van der Waals surface area (Å²) in [6, 6.07) is 34.0. The fourth-order valence-corrected chi connectivity index (χ4v) is 3.58. The van der Waals surface area contributed by atoms with E-state index in [0.717, 1.165) is 33.6 Å². The number of benzene rings is 3. The largest absolute Gasteiger partial charge is 2.00 e. The van der Waals surface area contributed by atoms with Crippen molar-refractivity contribution in [2.24, 2.45) is 0 Å². The van der Waals surface area contributed by atoms with Gasteiger partial charge in [0.1, 0.15) is 0 Å². The molecule has 0 N–H and O–H groups in total. The van der Waals surface area contributed by atoms with Gasteiger partial charge in [0.2, 0.25) is 0 Å². The molecule has 3 aromatic carbocycles. The Morgan fingerprint density at radius 2 is 1.42 bits per heavy atom. The summed E-state index contributed by atoms with van der Waals surface area (Å²) >= 11 is 0. The zero-order chi connectivity index (χ0) is 20.2. The van der Waals surface area contributed by atoms with Gasteiger partial charge in [-0.1, -0.05) is 59.5 Å². The first-order valence-electron chi connectivity index (χ1n) is 9.85. The second-order valence-corrected chi connectivity index (χ2v) is 6.95. The first kappa shape index (κ1) is 20.9. The van der Waals surface area contributed by atoms with Crippen LogP contribution in [0, 0.1) is 12.1 Å². The van der Waals surface area contributed by atoms with Crippen LogP contribution in [-0.2, 0) is 21.1 Å². The molecule has 3 heteroatoms. The molecule has 5 aromatic rings. The van der Waals surface area contributed by atoms with E-state index in [1.54, 1.807) is 6.20 Å². The molecule has 5 rings (SSSR count). The fourth-order valence-electron chi connectivity index (χ4n) is 3.58. The average molecular weight is 578 g/mol. The Bertz CT molecular complexity index is 1330. The van der Waals surface area contributed by atoms with E-state index in [1.165, 1.54) is 10.8 Å². The summed E-state index contributed by atoms with van der Waals surface area (Å²) < 4.78 is 0. The first-order chi connectivity index (χ1) is 14.9. The molecule has 0 aliphatic carbocycles. The number of rotatable bonds is 4. The van der Waals surface area contributed by atoms with E-state index >= 15 is 0 Å². The maximum absolute atomic E-state index is 4.60. The summed E-state index contributed by atoms with van der Waals surface area (Å²) in [7, 11) is 0. The molecule has 150 valence electrons. The number of pyridine rings is 2. The molecule has 0 spiro atoms. The first-order valence-corrected chi connectivity index (χ1v) is 9.85. The molecule has 0 atom stereocenters. The smallest absolute Gasteiger partial charge is 0.295 e. The third-order valence-corrected chi connectivity index (χ3v) is 4.99. The van der Waals surface area contributed by atoms with E-state index in [4.69, 9.17) is 0 Å². The number of aromatic nitrogens is 2. The van der Waals surface area contributed by atoms with Crippen molar-refractivity contribution in [3.8, 4) is 22.5 Å². The molecule has 0 saturated carbocycles. The van der Waals surface area contributed by atoms with Crippen LogP contribution in [0.4, 0.5) is 0 Å². The van der Waals surface area contributed by atoms with Crippen molar-refractivity contribution in [1.82, 2.24) is 9.97 Å². The molecule has 0 bridgehead atoms. The summed E-state index contributed by atoms with van der Waals surface area (Å²) in [4.78, 5) is 9.02. The molecule has 2 aromatic heterocycles. The molecule has 2 heterocycles. The predicted molar refractivity (Wildman–Crippen MR) is 122 cm³/mol. The normalized spacial score (nSPS) is 10.8. The Morgan fingerprint density at radius 1 is 0.677 bits per heavy atom. The Hall–Kier alpha value is -3.35. The third-order valence-electron chi connectivity index (χ3n) is 4.99. The molecule has 0 unspecified atom stereocenters. The summed E-state index contributed by atoms with van der Waals surface area (Å²) in [6.07, 6.45) is 9.08. The maximum atomic E-state index is 4.60. The number of fused-ring (bicyclic) bond motifs is 1. The van der Waals surface area contributed by atoms with Crippen LogP contribution < -0.4 is 0 Å². The summed E-state index contributed by atoms with van der Waals surface area (Å²) in [5.74, 6) is 0. The molecule has 0 aliphatic heterocycles. The van der Waals surface area contributed by atoms with Gasteiger partial charge in [-0.15, -0.1) is 29.3 Å². The Balaban J connectivity index is 0.00000231. The van der Waals surface area contributed by atoms with Crippen molar-refractivity contribution in [1.29, 1.82) is 0 Å². The summed E-state index contributed by atoms with van der Waals surface area (Å²) in [6.45, 7) is 0. The van der Waals surface area contributed by atoms with Crippen molar-refractivity contribution in [3.63, 3.8) is 0 Å². The van der Waals surface area contributed by atoms with Crippen LogP contribution >= 0.6 is 0 Å². The molecular formula is C28H18N2Pt. The summed E-state index contributed by atoms with van der Waals surface area (Å²) in [5, 5.41) is 2.35. The van der Waals surface area contributed by atoms with E-state index in [-0.39, 0.29) is 21.1 Å². The predicted octanol–water partition coefficient (Wildman–Crippen LogP) is 6.63. The van der Waals surface area contributed by atoms with E-state index in [9.17, 15) is 0 Å². The molecule has 0 radical (unpaired) electrons. The topological polar surface area (TPSA) is 25.8 Å². The molecule has 0 fully saturated rings. The van der Waals surface area contributed by atoms with E-state index in [0.29, 0.717) is 0 Å². The molecule has 0 amide bonds. The van der Waals surface area contributed by atoms with Gasteiger partial charge in [0.25, 0.3) is 0 Å². The van der Waals surface area contributed by atoms with Gasteiger partial charge in [-0.2, -0.15) is 23.8 Å². The monoisotopic (exact) mass is 577 g/mol. The number of hydrogen-bond donors (Lipinski definition) is 0. The van der Waals surface area contributed by atoms with Gasteiger partial charge in [-0.25, -0.2) is 6.08 Å². The van der Waals surface area contributed by atoms with Crippen LogP contribution in [0.5, 0.6) is 0 Å². The van der Waals surface area contributed by atoms with Crippen molar-refractivity contribution < 1.29 is 21.1 Å². The minimum absolute atomic E-state index is 0. The van der Waals surface area contributed by atoms with E-state index in [2.05, 4.69) is 58.5 Å². The quantitative estimate of drug-likeness (QED) is 0.177. The van der Waals surface area contributed by atoms with Crippen molar-refractivity contribution in [2.45, 2.75) is 0 Å². The van der Waals surface area contributed by atoms with E-state index < -0.39 is 0 Å². The van der Waals surface area contributed by atoms with Gasteiger partial charge in [0.05, 0.1) is 0 Å². The van der Waals surface area contributed by atoms with Gasteiger partial charge in [0, 0.05) is 23.8 Å². The molecular weight excluding hydrogens is 559 g/mol. The average Bonchev–Trinajstić information content (AvgIpc) is 2.83. The number of nitrogens with zero attached hydrogens (tertiary/aromatic N) is 2. The zero-order valence-electron chi connectivity index (χ0n) is 16.6.